The molecule has 0 aliphatic heterocycles. The second-order valence-electron chi connectivity index (χ2n) is 2.53. The fourth-order valence-electron chi connectivity index (χ4n) is 0.950. The maximum Gasteiger partial charge on any atom is 0.309 e. The molecule has 0 fully saturated rings. The SMILES string of the molecule is Cc1nc(Br)c(CC(=O)O)n1C. The van der Waals surface area contributed by atoms with Crippen LogP contribution in [-0.2, 0) is 18.3 Å². The predicted molar refractivity (Wildman–Crippen MR) is 47.0 cm³/mol. The van der Waals surface area contributed by atoms with Crippen LogP contribution in [0.3, 0.4) is 0 Å². The Morgan fingerprint density at radius 1 is 1.75 bits per heavy atom. The van der Waals surface area contributed by atoms with E-state index in [1.165, 1.54) is 0 Å². The van der Waals surface area contributed by atoms with Gasteiger partial charge in [0.25, 0.3) is 0 Å². The molecular formula is C7H9BrN2O2. The molecule has 0 radical (unpaired) electrons. The lowest BCUT2D eigenvalue weighted by atomic mass is 10.3. The van der Waals surface area contributed by atoms with Gasteiger partial charge in [0.2, 0.25) is 0 Å². The van der Waals surface area contributed by atoms with Crippen molar-refractivity contribution in [2.45, 2.75) is 13.3 Å². The smallest absolute Gasteiger partial charge is 0.309 e. The molecule has 12 heavy (non-hydrogen) atoms. The topological polar surface area (TPSA) is 55.1 Å². The van der Waals surface area contributed by atoms with Gasteiger partial charge >= 0.3 is 5.97 Å². The average molecular weight is 233 g/mol. The molecule has 0 aromatic carbocycles. The van der Waals surface area contributed by atoms with Gasteiger partial charge in [0, 0.05) is 7.05 Å². The van der Waals surface area contributed by atoms with E-state index in [0.717, 1.165) is 5.82 Å². The summed E-state index contributed by atoms with van der Waals surface area (Å²) in [5.74, 6) is -0.0446. The van der Waals surface area contributed by atoms with Crippen LogP contribution in [0, 0.1) is 6.92 Å². The van der Waals surface area contributed by atoms with Gasteiger partial charge in [-0.3, -0.25) is 4.79 Å². The van der Waals surface area contributed by atoms with Crippen LogP contribution < -0.4 is 0 Å². The summed E-state index contributed by atoms with van der Waals surface area (Å²) >= 11 is 3.20. The lowest BCUT2D eigenvalue weighted by Crippen LogP contribution is -2.06. The first-order valence-electron chi connectivity index (χ1n) is 3.42. The monoisotopic (exact) mass is 232 g/mol. The van der Waals surface area contributed by atoms with Crippen molar-refractivity contribution in [3.63, 3.8) is 0 Å². The molecule has 0 unspecified atom stereocenters. The number of carbonyl (C=O) groups is 1. The minimum absolute atomic E-state index is 0.00206. The van der Waals surface area contributed by atoms with Crippen LogP contribution in [0.4, 0.5) is 0 Å². The van der Waals surface area contributed by atoms with Crippen molar-refractivity contribution in [2.24, 2.45) is 7.05 Å². The highest BCUT2D eigenvalue weighted by Gasteiger charge is 2.12. The lowest BCUT2D eigenvalue weighted by molar-refractivity contribution is -0.136. The second kappa shape index (κ2) is 3.26. The summed E-state index contributed by atoms with van der Waals surface area (Å²) < 4.78 is 2.38. The zero-order valence-electron chi connectivity index (χ0n) is 6.83. The minimum Gasteiger partial charge on any atom is -0.481 e. The van der Waals surface area contributed by atoms with E-state index in [1.807, 2.05) is 6.92 Å². The molecule has 1 heterocycles. The zero-order chi connectivity index (χ0) is 9.30. The highest BCUT2D eigenvalue weighted by Crippen LogP contribution is 2.16. The second-order valence-corrected chi connectivity index (χ2v) is 3.28. The maximum absolute atomic E-state index is 10.4. The van der Waals surface area contributed by atoms with Gasteiger partial charge in [-0.15, -0.1) is 0 Å². The third-order valence-corrected chi connectivity index (χ3v) is 2.34. The van der Waals surface area contributed by atoms with Crippen molar-refractivity contribution in [1.29, 1.82) is 0 Å². The molecule has 1 aromatic heterocycles. The number of aryl methyl sites for hydroxylation is 1. The van der Waals surface area contributed by atoms with E-state index >= 15 is 0 Å². The summed E-state index contributed by atoms with van der Waals surface area (Å²) in [7, 11) is 1.80. The van der Waals surface area contributed by atoms with Gasteiger partial charge in [0.1, 0.15) is 10.4 Å². The van der Waals surface area contributed by atoms with Crippen LogP contribution in [0.2, 0.25) is 0 Å². The Labute approximate surface area is 78.4 Å². The highest BCUT2D eigenvalue weighted by atomic mass is 79.9. The van der Waals surface area contributed by atoms with Crippen LogP contribution in [0.5, 0.6) is 0 Å². The van der Waals surface area contributed by atoms with Crippen LogP contribution in [0.25, 0.3) is 0 Å². The minimum atomic E-state index is -0.848. The molecule has 5 heteroatoms. The number of carboxylic acids is 1. The van der Waals surface area contributed by atoms with Crippen molar-refractivity contribution >= 4 is 21.9 Å². The summed E-state index contributed by atoms with van der Waals surface area (Å²) in [6.45, 7) is 1.83. The van der Waals surface area contributed by atoms with E-state index in [0.29, 0.717) is 10.3 Å². The fourth-order valence-corrected chi connectivity index (χ4v) is 1.61. The van der Waals surface area contributed by atoms with Gasteiger partial charge in [-0.05, 0) is 22.9 Å². The Morgan fingerprint density at radius 2 is 2.33 bits per heavy atom. The quantitative estimate of drug-likeness (QED) is 0.832. The Hall–Kier alpha value is -0.840. The number of hydrogen-bond acceptors (Lipinski definition) is 2. The van der Waals surface area contributed by atoms with Gasteiger partial charge in [-0.2, -0.15) is 0 Å². The third-order valence-electron chi connectivity index (χ3n) is 1.71. The Bertz CT molecular complexity index is 319. The number of hydrogen-bond donors (Lipinski definition) is 1. The van der Waals surface area contributed by atoms with Crippen LogP contribution in [0.15, 0.2) is 4.60 Å². The number of imidazole rings is 1. The number of halogens is 1. The molecule has 0 saturated carbocycles. The summed E-state index contributed by atoms with van der Waals surface area (Å²) in [5, 5.41) is 8.56. The number of aromatic nitrogens is 2. The maximum atomic E-state index is 10.4. The van der Waals surface area contributed by atoms with Gasteiger partial charge in [-0.1, -0.05) is 0 Å². The molecule has 0 aliphatic rings. The summed E-state index contributed by atoms with van der Waals surface area (Å²) in [4.78, 5) is 14.5. The van der Waals surface area contributed by atoms with Crippen molar-refractivity contribution in [3.05, 3.63) is 16.1 Å². The van der Waals surface area contributed by atoms with E-state index in [1.54, 1.807) is 11.6 Å². The number of aliphatic carboxylic acids is 1. The third kappa shape index (κ3) is 1.66. The molecule has 0 atom stereocenters. The summed E-state index contributed by atoms with van der Waals surface area (Å²) in [5.41, 5.74) is 0.694. The molecule has 66 valence electrons. The number of carboxylic acid groups (broad SMARTS) is 1. The fraction of sp³-hybridized carbons (Fsp3) is 0.429. The molecule has 1 aromatic rings. The van der Waals surface area contributed by atoms with Crippen LogP contribution in [-0.4, -0.2) is 20.6 Å². The number of rotatable bonds is 2. The Morgan fingerprint density at radius 3 is 2.67 bits per heavy atom. The first-order valence-corrected chi connectivity index (χ1v) is 4.21. The average Bonchev–Trinajstić information content (AvgIpc) is 2.16. The van der Waals surface area contributed by atoms with Crippen molar-refractivity contribution in [1.82, 2.24) is 9.55 Å². The first kappa shape index (κ1) is 9.25. The van der Waals surface area contributed by atoms with Crippen LogP contribution in [0.1, 0.15) is 11.5 Å². The van der Waals surface area contributed by atoms with E-state index in [2.05, 4.69) is 20.9 Å². The number of nitrogens with zero attached hydrogens (tertiary/aromatic N) is 2. The van der Waals surface area contributed by atoms with Crippen molar-refractivity contribution < 1.29 is 9.90 Å². The predicted octanol–water partition coefficient (Wildman–Crippen LogP) is 1.12. The van der Waals surface area contributed by atoms with E-state index in [4.69, 9.17) is 5.11 Å². The summed E-state index contributed by atoms with van der Waals surface area (Å²) in [6, 6.07) is 0. The van der Waals surface area contributed by atoms with Gasteiger partial charge in [0.15, 0.2) is 0 Å². The van der Waals surface area contributed by atoms with Gasteiger partial charge in [-0.25, -0.2) is 4.98 Å². The van der Waals surface area contributed by atoms with Crippen LogP contribution >= 0.6 is 15.9 Å². The lowest BCUT2D eigenvalue weighted by Gasteiger charge is -1.99. The molecule has 1 N–H and O–H groups in total. The Kier molecular flexibility index (Phi) is 2.52. The summed E-state index contributed by atoms with van der Waals surface area (Å²) in [6.07, 6.45) is -0.00206. The Balaban J connectivity index is 3.05. The standard InChI is InChI=1S/C7H9BrN2O2/c1-4-9-7(8)5(10(4)2)3-6(11)12/h3H2,1-2H3,(H,11,12). The zero-order valence-corrected chi connectivity index (χ0v) is 8.42. The van der Waals surface area contributed by atoms with E-state index < -0.39 is 5.97 Å². The molecule has 4 nitrogen and oxygen atoms in total. The van der Waals surface area contributed by atoms with Gasteiger partial charge < -0.3 is 9.67 Å². The van der Waals surface area contributed by atoms with Crippen molar-refractivity contribution in [2.75, 3.05) is 0 Å². The highest BCUT2D eigenvalue weighted by molar-refractivity contribution is 9.10. The molecule has 0 saturated heterocycles. The molecule has 0 spiro atoms. The van der Waals surface area contributed by atoms with E-state index in [-0.39, 0.29) is 6.42 Å². The molecule has 1 rings (SSSR count). The molecule has 0 aliphatic carbocycles. The molecular weight excluding hydrogens is 224 g/mol. The first-order chi connectivity index (χ1) is 5.52. The van der Waals surface area contributed by atoms with E-state index in [9.17, 15) is 4.79 Å². The molecule has 0 bridgehead atoms. The molecule has 0 amide bonds. The normalized spacial score (nSPS) is 10.2. The van der Waals surface area contributed by atoms with Crippen molar-refractivity contribution in [3.8, 4) is 0 Å². The largest absolute Gasteiger partial charge is 0.481 e. The van der Waals surface area contributed by atoms with Gasteiger partial charge in [0.05, 0.1) is 12.1 Å².